The highest BCUT2D eigenvalue weighted by atomic mass is 19.1. The van der Waals surface area contributed by atoms with Crippen molar-refractivity contribution < 1.29 is 4.39 Å². The summed E-state index contributed by atoms with van der Waals surface area (Å²) in [4.78, 5) is 12.1. The van der Waals surface area contributed by atoms with Crippen LogP contribution in [0, 0.1) is 0 Å². The molecule has 0 spiro atoms. The fraction of sp³-hybridized carbons (Fsp3) is 0.106. The highest BCUT2D eigenvalue weighted by Crippen LogP contribution is 2.56. The van der Waals surface area contributed by atoms with Gasteiger partial charge in [0.05, 0.1) is 33.4 Å². The average Bonchev–Trinajstić information content (AvgIpc) is 3.73. The summed E-state index contributed by atoms with van der Waals surface area (Å²) < 4.78 is 21.5. The largest absolute Gasteiger partial charge is 0.327 e. The van der Waals surface area contributed by atoms with Crippen LogP contribution in [0.3, 0.4) is 0 Å². The molecule has 5 nitrogen and oxygen atoms in total. The lowest BCUT2D eigenvalue weighted by atomic mass is 9.72. The molecule has 3 aromatic heterocycles. The van der Waals surface area contributed by atoms with E-state index in [2.05, 4.69) is 101 Å². The minimum atomic E-state index is -1.36. The molecule has 6 aromatic carbocycles. The topological polar surface area (TPSA) is 38.9 Å². The number of benzene rings is 6. The second-order valence-electron chi connectivity index (χ2n) is 14.4. The van der Waals surface area contributed by atoms with Gasteiger partial charge in [0.2, 0.25) is 0 Å². The lowest BCUT2D eigenvalue weighted by Gasteiger charge is -2.42. The number of halogens is 1. The Balaban J connectivity index is 1.18. The number of hydrogen-bond acceptors (Lipinski definition) is 3. The number of pyridine rings is 1. The summed E-state index contributed by atoms with van der Waals surface area (Å²) in [5.74, 6) is 1.59. The number of imidazole rings is 1. The minimum absolute atomic E-state index is 0.384. The van der Waals surface area contributed by atoms with E-state index < -0.39 is 6.17 Å². The number of anilines is 3. The predicted octanol–water partition coefficient (Wildman–Crippen LogP) is 11.9. The van der Waals surface area contributed by atoms with Gasteiger partial charge >= 0.3 is 0 Å². The molecule has 0 bridgehead atoms. The first-order valence-electron chi connectivity index (χ1n) is 18.0. The maximum atomic E-state index is 17.0. The molecule has 0 radical (unpaired) electrons. The molecule has 1 atom stereocenters. The third-order valence-electron chi connectivity index (χ3n) is 11.1. The van der Waals surface area contributed by atoms with Crippen molar-refractivity contribution in [2.45, 2.75) is 25.4 Å². The van der Waals surface area contributed by atoms with E-state index in [0.717, 1.165) is 72.7 Å². The van der Waals surface area contributed by atoms with Crippen LogP contribution < -0.4 is 4.90 Å². The summed E-state index contributed by atoms with van der Waals surface area (Å²) in [6, 6.07) is 51.6. The van der Waals surface area contributed by atoms with Crippen LogP contribution in [0.5, 0.6) is 0 Å². The number of alkyl halides is 1. The Hall–Kier alpha value is -6.53. The van der Waals surface area contributed by atoms with Crippen LogP contribution in [0.4, 0.5) is 21.6 Å². The maximum Gasteiger partial charge on any atom is 0.150 e. The van der Waals surface area contributed by atoms with E-state index in [1.807, 2.05) is 92.1 Å². The second-order valence-corrected chi connectivity index (χ2v) is 14.4. The molecule has 1 aliphatic heterocycles. The van der Waals surface area contributed by atoms with Gasteiger partial charge in [-0.2, -0.15) is 0 Å². The fourth-order valence-corrected chi connectivity index (χ4v) is 8.47. The van der Waals surface area contributed by atoms with Crippen LogP contribution in [0.25, 0.3) is 49.9 Å². The molecule has 256 valence electrons. The number of aryl methyl sites for hydroxylation is 1. The zero-order valence-corrected chi connectivity index (χ0v) is 29.7. The molecule has 53 heavy (non-hydrogen) atoms. The van der Waals surface area contributed by atoms with Gasteiger partial charge in [0.1, 0.15) is 11.6 Å². The lowest BCUT2D eigenvalue weighted by Crippen LogP contribution is -2.31. The van der Waals surface area contributed by atoms with Crippen molar-refractivity contribution in [3.05, 3.63) is 180 Å². The molecule has 10 rings (SSSR count). The van der Waals surface area contributed by atoms with E-state index in [-0.39, 0.29) is 5.41 Å². The van der Waals surface area contributed by atoms with Gasteiger partial charge in [-0.3, -0.25) is 4.90 Å². The molecular formula is C47H36FN5. The monoisotopic (exact) mass is 689 g/mol. The van der Waals surface area contributed by atoms with Crippen LogP contribution in [0.1, 0.15) is 42.3 Å². The van der Waals surface area contributed by atoms with Crippen LogP contribution in [-0.4, -0.2) is 19.1 Å². The highest BCUT2D eigenvalue weighted by Gasteiger charge is 2.40. The Morgan fingerprint density at radius 1 is 0.642 bits per heavy atom. The third-order valence-corrected chi connectivity index (χ3v) is 11.1. The van der Waals surface area contributed by atoms with Crippen molar-refractivity contribution in [3.8, 4) is 17.1 Å². The Bertz CT molecular complexity index is 2850. The maximum absolute atomic E-state index is 17.0. The number of rotatable bonds is 5. The summed E-state index contributed by atoms with van der Waals surface area (Å²) in [6.45, 7) is 4.55. The number of nitrogens with zero attached hydrogens (tertiary/aromatic N) is 5. The molecule has 1 unspecified atom stereocenters. The molecule has 9 aromatic rings. The summed E-state index contributed by atoms with van der Waals surface area (Å²) in [5.41, 5.74) is 11.3. The highest BCUT2D eigenvalue weighted by molar-refractivity contribution is 6.18. The number of aromatic nitrogens is 4. The van der Waals surface area contributed by atoms with Gasteiger partial charge in [-0.1, -0.05) is 105 Å². The van der Waals surface area contributed by atoms with Gasteiger partial charge in [-0.05, 0) is 82.9 Å². The van der Waals surface area contributed by atoms with Gasteiger partial charge in [-0.15, -0.1) is 0 Å². The first kappa shape index (κ1) is 31.2. The van der Waals surface area contributed by atoms with Crippen LogP contribution in [0.2, 0.25) is 0 Å². The van der Waals surface area contributed by atoms with Crippen molar-refractivity contribution in [2.75, 3.05) is 4.90 Å². The number of para-hydroxylation sites is 4. The van der Waals surface area contributed by atoms with Gasteiger partial charge < -0.3 is 9.13 Å². The van der Waals surface area contributed by atoms with Gasteiger partial charge in [0, 0.05) is 40.7 Å². The Kier molecular flexibility index (Phi) is 6.92. The zero-order chi connectivity index (χ0) is 35.8. The van der Waals surface area contributed by atoms with Gasteiger partial charge in [-0.25, -0.2) is 14.4 Å². The molecular weight excluding hydrogens is 654 g/mol. The standard InChI is InChI=1S/C47H36FN5/c1-47(2)35-24-23-31(44(48)30-14-13-15-32(28-30)46-50-37-19-8-10-21-39(37)51(46)3)29-41(35)53(42-22-11-12-27-49-42)45-36(47)25-26-40-43(45)34-18-7-9-20-38(34)52(40)33-16-5-4-6-17-33/h4-29,44H,1-3H3. The van der Waals surface area contributed by atoms with Crippen molar-refractivity contribution >= 4 is 50.0 Å². The Morgan fingerprint density at radius 2 is 1.38 bits per heavy atom. The fourth-order valence-electron chi connectivity index (χ4n) is 8.47. The molecule has 0 saturated heterocycles. The zero-order valence-electron chi connectivity index (χ0n) is 29.7. The Labute approximate surface area is 307 Å². The van der Waals surface area contributed by atoms with E-state index in [4.69, 9.17) is 9.97 Å². The van der Waals surface area contributed by atoms with Gasteiger partial charge in [0.15, 0.2) is 6.17 Å². The molecule has 4 heterocycles. The summed E-state index contributed by atoms with van der Waals surface area (Å²) in [5, 5.41) is 2.30. The predicted molar refractivity (Wildman–Crippen MR) is 214 cm³/mol. The Morgan fingerprint density at radius 3 is 2.19 bits per heavy atom. The van der Waals surface area contributed by atoms with E-state index in [0.29, 0.717) is 11.1 Å². The molecule has 0 saturated carbocycles. The van der Waals surface area contributed by atoms with Crippen molar-refractivity contribution in [3.63, 3.8) is 0 Å². The minimum Gasteiger partial charge on any atom is -0.327 e. The molecule has 1 aliphatic rings. The smallest absolute Gasteiger partial charge is 0.150 e. The van der Waals surface area contributed by atoms with Crippen molar-refractivity contribution in [2.24, 2.45) is 7.05 Å². The summed E-state index contributed by atoms with van der Waals surface area (Å²) in [7, 11) is 2.01. The van der Waals surface area contributed by atoms with E-state index in [1.54, 1.807) is 0 Å². The second kappa shape index (κ2) is 11.8. The van der Waals surface area contributed by atoms with Gasteiger partial charge in [0.25, 0.3) is 0 Å². The first-order chi connectivity index (χ1) is 25.9. The van der Waals surface area contributed by atoms with Crippen LogP contribution in [0.15, 0.2) is 158 Å². The summed E-state index contributed by atoms with van der Waals surface area (Å²) >= 11 is 0. The van der Waals surface area contributed by atoms with Crippen molar-refractivity contribution in [1.29, 1.82) is 0 Å². The number of hydrogen-bond donors (Lipinski definition) is 0. The SMILES string of the molecule is Cn1c(-c2cccc(C(F)c3ccc4c(c3)N(c3ccccn3)c3c(ccc5c3c3ccccc3n5-c3ccccc3)C4(C)C)c2)nc2ccccc21. The van der Waals surface area contributed by atoms with Crippen molar-refractivity contribution in [1.82, 2.24) is 19.1 Å². The van der Waals surface area contributed by atoms with E-state index in [1.165, 1.54) is 5.56 Å². The van der Waals surface area contributed by atoms with E-state index in [9.17, 15) is 0 Å². The van der Waals surface area contributed by atoms with Crippen LogP contribution >= 0.6 is 0 Å². The summed E-state index contributed by atoms with van der Waals surface area (Å²) in [6.07, 6.45) is 0.469. The average molecular weight is 690 g/mol. The lowest BCUT2D eigenvalue weighted by molar-refractivity contribution is 0.402. The molecule has 0 aliphatic carbocycles. The molecule has 0 amide bonds. The third kappa shape index (κ3) is 4.68. The quantitative estimate of drug-likeness (QED) is 0.181. The molecule has 6 heteroatoms. The molecule has 0 fully saturated rings. The normalized spacial score (nSPS) is 14.1. The molecule has 0 N–H and O–H groups in total. The van der Waals surface area contributed by atoms with Crippen LogP contribution in [-0.2, 0) is 12.5 Å². The first-order valence-corrected chi connectivity index (χ1v) is 18.0. The number of fused-ring (bicyclic) bond motifs is 7. The van der Waals surface area contributed by atoms with E-state index >= 15 is 4.39 Å².